The van der Waals surface area contributed by atoms with Gasteiger partial charge < -0.3 is 5.11 Å². The van der Waals surface area contributed by atoms with Gasteiger partial charge in [-0.25, -0.2) is 13.1 Å². The van der Waals surface area contributed by atoms with Crippen LogP contribution in [0.15, 0.2) is 0 Å². The molecule has 4 nitrogen and oxygen atoms in total. The van der Waals surface area contributed by atoms with E-state index in [4.69, 9.17) is 0 Å². The van der Waals surface area contributed by atoms with Crippen molar-refractivity contribution in [2.45, 2.75) is 57.2 Å². The highest BCUT2D eigenvalue weighted by Gasteiger charge is 2.34. The molecule has 0 saturated heterocycles. The van der Waals surface area contributed by atoms with E-state index in [1.165, 1.54) is 0 Å². The minimum Gasteiger partial charge on any atom is -0.396 e. The summed E-state index contributed by atoms with van der Waals surface area (Å²) in [6, 6.07) is -0.0945. The number of hydrogen-bond donors (Lipinski definition) is 2. The summed E-state index contributed by atoms with van der Waals surface area (Å²) in [6.07, 6.45) is 3.86. The van der Waals surface area contributed by atoms with Gasteiger partial charge in [-0.15, -0.1) is 0 Å². The van der Waals surface area contributed by atoms with E-state index < -0.39 is 14.8 Å². The first-order valence-electron chi connectivity index (χ1n) is 5.90. The van der Waals surface area contributed by atoms with Gasteiger partial charge >= 0.3 is 0 Å². The maximum absolute atomic E-state index is 12.0. The van der Waals surface area contributed by atoms with Crippen molar-refractivity contribution in [3.8, 4) is 0 Å². The lowest BCUT2D eigenvalue weighted by Crippen LogP contribution is -2.49. The van der Waals surface area contributed by atoms with Gasteiger partial charge in [-0.1, -0.05) is 12.8 Å². The molecule has 96 valence electrons. The van der Waals surface area contributed by atoms with Crippen molar-refractivity contribution < 1.29 is 13.5 Å². The Kier molecular flexibility index (Phi) is 4.37. The van der Waals surface area contributed by atoms with Gasteiger partial charge in [0.1, 0.15) is 0 Å². The Hall–Kier alpha value is -0.130. The van der Waals surface area contributed by atoms with Crippen LogP contribution in [0, 0.1) is 5.92 Å². The van der Waals surface area contributed by atoms with Gasteiger partial charge in [-0.2, -0.15) is 0 Å². The molecule has 5 heteroatoms. The summed E-state index contributed by atoms with van der Waals surface area (Å²) in [4.78, 5) is 0. The smallest absolute Gasteiger partial charge is 0.216 e. The fraction of sp³-hybridized carbons (Fsp3) is 1.00. The molecule has 0 aromatic carbocycles. The summed E-state index contributed by atoms with van der Waals surface area (Å²) >= 11 is 0. The Morgan fingerprint density at radius 3 is 2.31 bits per heavy atom. The summed E-state index contributed by atoms with van der Waals surface area (Å²) < 4.78 is 25.9. The van der Waals surface area contributed by atoms with Gasteiger partial charge in [-0.3, -0.25) is 0 Å². The first-order valence-corrected chi connectivity index (χ1v) is 7.39. The van der Waals surface area contributed by atoms with Crippen molar-refractivity contribution in [3.63, 3.8) is 0 Å². The molecule has 0 amide bonds. The fourth-order valence-electron chi connectivity index (χ4n) is 1.96. The van der Waals surface area contributed by atoms with Gasteiger partial charge in [-0.05, 0) is 39.5 Å². The van der Waals surface area contributed by atoms with E-state index in [0.29, 0.717) is 0 Å². The van der Waals surface area contributed by atoms with E-state index >= 15 is 0 Å². The van der Waals surface area contributed by atoms with Crippen LogP contribution in [0.5, 0.6) is 0 Å². The van der Waals surface area contributed by atoms with E-state index in [9.17, 15) is 13.5 Å². The van der Waals surface area contributed by atoms with E-state index in [1.54, 1.807) is 20.8 Å². The van der Waals surface area contributed by atoms with Crippen LogP contribution in [0.3, 0.4) is 0 Å². The topological polar surface area (TPSA) is 66.4 Å². The maximum atomic E-state index is 12.0. The first kappa shape index (κ1) is 13.9. The van der Waals surface area contributed by atoms with Crippen molar-refractivity contribution in [1.82, 2.24) is 4.72 Å². The third-order valence-electron chi connectivity index (χ3n) is 3.26. The molecule has 2 unspecified atom stereocenters. The number of sulfonamides is 1. The highest BCUT2D eigenvalue weighted by molar-refractivity contribution is 7.90. The number of aliphatic hydroxyl groups excluding tert-OH is 1. The molecule has 0 spiro atoms. The van der Waals surface area contributed by atoms with Crippen LogP contribution in [0.4, 0.5) is 0 Å². The zero-order valence-electron chi connectivity index (χ0n) is 10.4. The second kappa shape index (κ2) is 5.02. The summed E-state index contributed by atoms with van der Waals surface area (Å²) in [5.41, 5.74) is 0. The van der Waals surface area contributed by atoms with Crippen molar-refractivity contribution in [3.05, 3.63) is 0 Å². The molecule has 0 radical (unpaired) electrons. The molecule has 0 aromatic heterocycles. The molecule has 1 rings (SSSR count). The van der Waals surface area contributed by atoms with Crippen molar-refractivity contribution in [2.24, 2.45) is 5.92 Å². The first-order chi connectivity index (χ1) is 7.28. The maximum Gasteiger partial charge on any atom is 0.216 e. The van der Waals surface area contributed by atoms with Crippen LogP contribution in [0.2, 0.25) is 0 Å². The molecule has 2 atom stereocenters. The van der Waals surface area contributed by atoms with Crippen molar-refractivity contribution in [2.75, 3.05) is 6.61 Å². The van der Waals surface area contributed by atoms with Gasteiger partial charge in [0.25, 0.3) is 0 Å². The van der Waals surface area contributed by atoms with Crippen LogP contribution in [-0.4, -0.2) is 30.9 Å². The monoisotopic (exact) mass is 249 g/mol. The average Bonchev–Trinajstić information content (AvgIpc) is 2.16. The second-order valence-electron chi connectivity index (χ2n) is 5.57. The van der Waals surface area contributed by atoms with Gasteiger partial charge in [0.15, 0.2) is 0 Å². The molecule has 0 heterocycles. The standard InChI is InChI=1S/C11H23NO3S/c1-11(2,3)16(14,15)12-10-7-5-4-6-9(10)8-13/h9-10,12-13H,4-8H2,1-3H3. The SMILES string of the molecule is CC(C)(C)S(=O)(=O)NC1CCCCC1CO. The zero-order valence-corrected chi connectivity index (χ0v) is 11.2. The van der Waals surface area contributed by atoms with Gasteiger partial charge in [0.05, 0.1) is 4.75 Å². The molecule has 2 N–H and O–H groups in total. The summed E-state index contributed by atoms with van der Waals surface area (Å²) in [5, 5.41) is 9.23. The van der Waals surface area contributed by atoms with Crippen molar-refractivity contribution in [1.29, 1.82) is 0 Å². The number of nitrogens with one attached hydrogen (secondary N) is 1. The minimum absolute atomic E-state index is 0.0668. The Balaban J connectivity index is 2.72. The molecule has 1 aliphatic rings. The Morgan fingerprint density at radius 1 is 1.25 bits per heavy atom. The van der Waals surface area contributed by atoms with Crippen LogP contribution in [-0.2, 0) is 10.0 Å². The normalized spacial score (nSPS) is 28.0. The molecule has 0 aromatic rings. The largest absolute Gasteiger partial charge is 0.396 e. The van der Waals surface area contributed by atoms with Crippen LogP contribution < -0.4 is 4.72 Å². The molecule has 1 fully saturated rings. The lowest BCUT2D eigenvalue weighted by atomic mass is 9.86. The Labute approximate surface area is 98.5 Å². The summed E-state index contributed by atoms with van der Waals surface area (Å²) in [6.45, 7) is 5.13. The summed E-state index contributed by atoms with van der Waals surface area (Å²) in [5.74, 6) is 0.0749. The molecule has 16 heavy (non-hydrogen) atoms. The van der Waals surface area contributed by atoms with Gasteiger partial charge in [0, 0.05) is 12.6 Å². The van der Waals surface area contributed by atoms with Crippen LogP contribution >= 0.6 is 0 Å². The average molecular weight is 249 g/mol. The fourth-order valence-corrected chi connectivity index (χ4v) is 3.02. The molecule has 1 saturated carbocycles. The second-order valence-corrected chi connectivity index (χ2v) is 8.03. The van der Waals surface area contributed by atoms with E-state index in [-0.39, 0.29) is 18.6 Å². The number of rotatable bonds is 3. The highest BCUT2D eigenvalue weighted by atomic mass is 32.2. The van der Waals surface area contributed by atoms with Crippen LogP contribution in [0.25, 0.3) is 0 Å². The predicted molar refractivity (Wildman–Crippen MR) is 64.6 cm³/mol. The highest BCUT2D eigenvalue weighted by Crippen LogP contribution is 2.26. The predicted octanol–water partition coefficient (Wildman–Crippen LogP) is 1.26. The van der Waals surface area contributed by atoms with Crippen molar-refractivity contribution >= 4 is 10.0 Å². The van der Waals surface area contributed by atoms with E-state index in [2.05, 4.69) is 4.72 Å². The van der Waals surface area contributed by atoms with E-state index in [0.717, 1.165) is 25.7 Å². The third-order valence-corrected chi connectivity index (χ3v) is 5.48. The Bertz CT molecular complexity index is 319. The zero-order chi connectivity index (χ0) is 12.4. The lowest BCUT2D eigenvalue weighted by molar-refractivity contribution is 0.163. The minimum atomic E-state index is -3.30. The molecule has 1 aliphatic carbocycles. The quantitative estimate of drug-likeness (QED) is 0.791. The Morgan fingerprint density at radius 2 is 1.81 bits per heavy atom. The summed E-state index contributed by atoms with van der Waals surface area (Å²) in [7, 11) is -3.30. The van der Waals surface area contributed by atoms with Crippen LogP contribution in [0.1, 0.15) is 46.5 Å². The lowest BCUT2D eigenvalue weighted by Gasteiger charge is -2.33. The number of aliphatic hydroxyl groups is 1. The van der Waals surface area contributed by atoms with E-state index in [1.807, 2.05) is 0 Å². The van der Waals surface area contributed by atoms with Gasteiger partial charge in [0.2, 0.25) is 10.0 Å². The molecule has 0 bridgehead atoms. The number of hydrogen-bond acceptors (Lipinski definition) is 3. The third kappa shape index (κ3) is 3.18. The molecule has 0 aliphatic heterocycles. The molecular formula is C11H23NO3S. The molecular weight excluding hydrogens is 226 g/mol.